The fraction of sp³-hybridized carbons (Fsp3) is 0.125. The Morgan fingerprint density at radius 3 is 1.82 bits per heavy atom. The van der Waals surface area contributed by atoms with Gasteiger partial charge in [-0.25, -0.2) is 14.0 Å². The first-order valence-electron chi connectivity index (χ1n) is 12.5. The van der Waals surface area contributed by atoms with Gasteiger partial charge in [0.15, 0.2) is 0 Å². The molecule has 0 radical (unpaired) electrons. The molecule has 2 N–H and O–H groups in total. The molecule has 0 saturated heterocycles. The Balaban J connectivity index is 1.52. The van der Waals surface area contributed by atoms with Gasteiger partial charge < -0.3 is 14.4 Å². The molecule has 40 heavy (non-hydrogen) atoms. The molecule has 0 unspecified atom stereocenters. The minimum absolute atomic E-state index is 0.0715. The van der Waals surface area contributed by atoms with E-state index in [0.29, 0.717) is 17.9 Å². The first-order chi connectivity index (χ1) is 19.5. The monoisotopic (exact) mass is 537 g/mol. The van der Waals surface area contributed by atoms with Crippen molar-refractivity contribution in [3.05, 3.63) is 126 Å². The van der Waals surface area contributed by atoms with Gasteiger partial charge in [-0.3, -0.25) is 10.6 Å². The third kappa shape index (κ3) is 8.36. The second-order valence-electron chi connectivity index (χ2n) is 8.79. The van der Waals surface area contributed by atoms with Crippen LogP contribution < -0.4 is 15.5 Å². The molecule has 0 fully saturated rings. The van der Waals surface area contributed by atoms with E-state index in [0.717, 1.165) is 16.7 Å². The van der Waals surface area contributed by atoms with Crippen molar-refractivity contribution < 1.29 is 23.5 Å². The fourth-order valence-electron chi connectivity index (χ4n) is 3.84. The molecule has 202 valence electrons. The number of nitrogens with one attached hydrogen (secondary N) is 2. The number of ether oxygens (including phenoxy) is 2. The van der Waals surface area contributed by atoms with Gasteiger partial charge in [0.1, 0.15) is 19.0 Å². The number of nitrogens with zero attached hydrogens (tertiary/aromatic N) is 1. The summed E-state index contributed by atoms with van der Waals surface area (Å²) in [4.78, 5) is 27.2. The van der Waals surface area contributed by atoms with E-state index in [9.17, 15) is 14.0 Å². The first-order valence-corrected chi connectivity index (χ1v) is 12.5. The van der Waals surface area contributed by atoms with Crippen molar-refractivity contribution in [3.8, 4) is 12.3 Å². The van der Waals surface area contributed by atoms with Crippen LogP contribution in [-0.2, 0) is 29.2 Å². The molecule has 0 aromatic heterocycles. The number of hydrogen-bond acceptors (Lipinski definition) is 5. The van der Waals surface area contributed by atoms with Crippen molar-refractivity contribution in [1.29, 1.82) is 0 Å². The Morgan fingerprint density at radius 1 is 0.725 bits per heavy atom. The minimum Gasteiger partial charge on any atom is -0.444 e. The van der Waals surface area contributed by atoms with Crippen LogP contribution in [0.4, 0.5) is 31.0 Å². The quantitative estimate of drug-likeness (QED) is 0.214. The average molecular weight is 538 g/mol. The van der Waals surface area contributed by atoms with Crippen molar-refractivity contribution in [3.63, 3.8) is 0 Å². The Kier molecular flexibility index (Phi) is 9.73. The minimum atomic E-state index is -0.705. The van der Waals surface area contributed by atoms with E-state index in [1.54, 1.807) is 30.3 Å². The summed E-state index contributed by atoms with van der Waals surface area (Å²) in [7, 11) is 0. The van der Waals surface area contributed by atoms with E-state index < -0.39 is 12.2 Å². The van der Waals surface area contributed by atoms with Crippen LogP contribution in [0.1, 0.15) is 16.7 Å². The van der Waals surface area contributed by atoms with Crippen LogP contribution >= 0.6 is 0 Å². The maximum absolute atomic E-state index is 13.4. The second kappa shape index (κ2) is 14.0. The zero-order chi connectivity index (χ0) is 28.2. The predicted molar refractivity (Wildman–Crippen MR) is 153 cm³/mol. The van der Waals surface area contributed by atoms with Gasteiger partial charge in [0.25, 0.3) is 0 Å². The Labute approximate surface area is 232 Å². The van der Waals surface area contributed by atoms with Crippen molar-refractivity contribution in [2.24, 2.45) is 0 Å². The smallest absolute Gasteiger partial charge is 0.412 e. The van der Waals surface area contributed by atoms with Gasteiger partial charge in [0.05, 0.1) is 17.9 Å². The lowest BCUT2D eigenvalue weighted by Gasteiger charge is -2.24. The van der Waals surface area contributed by atoms with E-state index in [-0.39, 0.29) is 31.3 Å². The molecule has 4 rings (SSSR count). The van der Waals surface area contributed by atoms with Crippen LogP contribution in [0.3, 0.4) is 0 Å². The van der Waals surface area contributed by atoms with E-state index in [4.69, 9.17) is 15.9 Å². The molecule has 0 atom stereocenters. The van der Waals surface area contributed by atoms with E-state index in [1.165, 1.54) is 12.1 Å². The molecule has 2 amide bonds. The van der Waals surface area contributed by atoms with Crippen LogP contribution in [0.5, 0.6) is 0 Å². The van der Waals surface area contributed by atoms with Crippen molar-refractivity contribution in [1.82, 2.24) is 0 Å². The number of amides is 2. The first kappa shape index (κ1) is 27.7. The molecule has 8 heteroatoms. The SMILES string of the molecule is C#CCN(Cc1ccc(F)cc1)c1ccc(NC(=O)OCc2ccccc2)c(NC(=O)OCc2ccccc2)c1. The summed E-state index contributed by atoms with van der Waals surface area (Å²) >= 11 is 0. The number of hydrogen-bond donors (Lipinski definition) is 2. The lowest BCUT2D eigenvalue weighted by Crippen LogP contribution is -2.24. The molecular weight excluding hydrogens is 509 g/mol. The highest BCUT2D eigenvalue weighted by Gasteiger charge is 2.16. The van der Waals surface area contributed by atoms with Crippen LogP contribution in [0.2, 0.25) is 0 Å². The van der Waals surface area contributed by atoms with Crippen molar-refractivity contribution in [2.75, 3.05) is 22.1 Å². The van der Waals surface area contributed by atoms with Crippen LogP contribution in [0.25, 0.3) is 0 Å². The number of carbonyl (C=O) groups is 2. The Morgan fingerprint density at radius 2 is 1.27 bits per heavy atom. The number of halogens is 1. The molecule has 4 aromatic rings. The summed E-state index contributed by atoms with van der Waals surface area (Å²) in [6.45, 7) is 0.803. The van der Waals surface area contributed by atoms with E-state index >= 15 is 0 Å². The zero-order valence-electron chi connectivity index (χ0n) is 21.7. The van der Waals surface area contributed by atoms with Crippen LogP contribution in [0, 0.1) is 18.2 Å². The van der Waals surface area contributed by atoms with Gasteiger partial charge in [0, 0.05) is 12.2 Å². The molecule has 0 aliphatic heterocycles. The number of anilines is 3. The maximum atomic E-state index is 13.4. The summed E-state index contributed by atoms with van der Waals surface area (Å²) < 4.78 is 24.1. The van der Waals surface area contributed by atoms with Gasteiger partial charge in [-0.05, 0) is 47.0 Å². The standard InChI is InChI=1S/C32H28FN3O4/c1-2-19-36(21-24-13-15-27(33)16-14-24)28-17-18-29(34-31(37)39-22-25-9-5-3-6-10-25)30(20-28)35-32(38)40-23-26-11-7-4-8-12-26/h1,3-18,20H,19,21-23H2,(H,34,37)(H,35,38). The lowest BCUT2D eigenvalue weighted by molar-refractivity contribution is 0.154. The Bertz CT molecular complexity index is 1460. The second-order valence-corrected chi connectivity index (χ2v) is 8.79. The molecule has 0 aliphatic carbocycles. The largest absolute Gasteiger partial charge is 0.444 e. The maximum Gasteiger partial charge on any atom is 0.412 e. The van der Waals surface area contributed by atoms with E-state index in [2.05, 4.69) is 16.6 Å². The fourth-order valence-corrected chi connectivity index (χ4v) is 3.84. The third-order valence-corrected chi connectivity index (χ3v) is 5.84. The summed E-state index contributed by atoms with van der Waals surface area (Å²) in [6.07, 6.45) is 4.22. The van der Waals surface area contributed by atoms with E-state index in [1.807, 2.05) is 65.6 Å². The molecule has 0 saturated carbocycles. The number of terminal acetylenes is 1. The topological polar surface area (TPSA) is 79.9 Å². The zero-order valence-corrected chi connectivity index (χ0v) is 21.7. The number of benzene rings is 4. The highest BCUT2D eigenvalue weighted by Crippen LogP contribution is 2.29. The number of carbonyl (C=O) groups excluding carboxylic acids is 2. The molecular formula is C32H28FN3O4. The van der Waals surface area contributed by atoms with Crippen LogP contribution in [0.15, 0.2) is 103 Å². The van der Waals surface area contributed by atoms with Gasteiger partial charge in [0.2, 0.25) is 0 Å². The third-order valence-electron chi connectivity index (χ3n) is 5.84. The lowest BCUT2D eigenvalue weighted by atomic mass is 10.1. The van der Waals surface area contributed by atoms with Crippen molar-refractivity contribution in [2.45, 2.75) is 19.8 Å². The normalized spacial score (nSPS) is 10.2. The molecule has 0 aliphatic rings. The summed E-state index contributed by atoms with van der Waals surface area (Å²) in [5.41, 5.74) is 3.77. The molecule has 7 nitrogen and oxygen atoms in total. The highest BCUT2D eigenvalue weighted by molar-refractivity contribution is 5.96. The molecule has 0 spiro atoms. The van der Waals surface area contributed by atoms with Crippen LogP contribution in [-0.4, -0.2) is 18.7 Å². The molecule has 0 bridgehead atoms. The van der Waals surface area contributed by atoms with Gasteiger partial charge in [-0.2, -0.15) is 0 Å². The van der Waals surface area contributed by atoms with Gasteiger partial charge in [-0.15, -0.1) is 6.42 Å². The average Bonchev–Trinajstić information content (AvgIpc) is 2.98. The van der Waals surface area contributed by atoms with Gasteiger partial charge in [-0.1, -0.05) is 78.7 Å². The van der Waals surface area contributed by atoms with Crippen molar-refractivity contribution >= 4 is 29.2 Å². The highest BCUT2D eigenvalue weighted by atomic mass is 19.1. The Hall–Kier alpha value is -5.29. The summed E-state index contributed by atoms with van der Waals surface area (Å²) in [6, 6.07) is 29.7. The van der Waals surface area contributed by atoms with Gasteiger partial charge >= 0.3 is 12.2 Å². The molecule has 4 aromatic carbocycles. The molecule has 0 heterocycles. The summed E-state index contributed by atoms with van der Waals surface area (Å²) in [5.74, 6) is 2.29. The number of rotatable bonds is 10. The predicted octanol–water partition coefficient (Wildman–Crippen LogP) is 6.96. The summed E-state index contributed by atoms with van der Waals surface area (Å²) in [5, 5.41) is 5.39.